The van der Waals surface area contributed by atoms with E-state index < -0.39 is 11.2 Å². The largest absolute Gasteiger partial charge is 0.332 e. The molecule has 0 amide bonds. The van der Waals surface area contributed by atoms with Crippen LogP contribution < -0.4 is 11.2 Å². The van der Waals surface area contributed by atoms with E-state index in [-0.39, 0.29) is 5.39 Å². The van der Waals surface area contributed by atoms with Gasteiger partial charge in [0.05, 0.1) is 16.6 Å². The Hall–Kier alpha value is -2.42. The summed E-state index contributed by atoms with van der Waals surface area (Å²) in [6.07, 6.45) is 0. The van der Waals surface area contributed by atoms with Crippen molar-refractivity contribution < 1.29 is 0 Å². The summed E-state index contributed by atoms with van der Waals surface area (Å²) < 4.78 is 2.30. The van der Waals surface area contributed by atoms with Crippen molar-refractivity contribution in [3.05, 3.63) is 38.2 Å². The van der Waals surface area contributed by atoms with E-state index in [1.807, 2.05) is 6.07 Å². The maximum absolute atomic E-state index is 11.9. The van der Waals surface area contributed by atoms with Crippen molar-refractivity contribution in [3.8, 4) is 6.07 Å². The van der Waals surface area contributed by atoms with Gasteiger partial charge in [-0.3, -0.25) is 13.9 Å². The first-order valence-electron chi connectivity index (χ1n) is 4.95. The monoisotopic (exact) mass is 230 g/mol. The van der Waals surface area contributed by atoms with E-state index >= 15 is 0 Å². The fourth-order valence-corrected chi connectivity index (χ4v) is 1.70. The molecule has 17 heavy (non-hydrogen) atoms. The van der Waals surface area contributed by atoms with Gasteiger partial charge in [0.15, 0.2) is 0 Å². The van der Waals surface area contributed by atoms with Gasteiger partial charge in [0.1, 0.15) is 11.7 Å². The number of nitriles is 1. The van der Waals surface area contributed by atoms with Crippen molar-refractivity contribution in [1.29, 1.82) is 5.26 Å². The lowest BCUT2D eigenvalue weighted by Gasteiger charge is -2.07. The Morgan fingerprint density at radius 1 is 1.29 bits per heavy atom. The number of hydrogen-bond donors (Lipinski definition) is 0. The summed E-state index contributed by atoms with van der Waals surface area (Å²) in [5, 5.41) is 9.17. The number of hydrogen-bond acceptors (Lipinski definition) is 4. The molecule has 2 heterocycles. The molecule has 0 saturated heterocycles. The minimum Gasteiger partial charge on any atom is -0.280 e. The molecule has 0 fully saturated rings. The summed E-state index contributed by atoms with van der Waals surface area (Å²) in [4.78, 5) is 27.7. The van der Waals surface area contributed by atoms with Crippen LogP contribution in [0, 0.1) is 18.3 Å². The van der Waals surface area contributed by atoms with Gasteiger partial charge in [-0.05, 0) is 13.0 Å². The minimum absolute atomic E-state index is 0.275. The zero-order chi connectivity index (χ0) is 12.7. The van der Waals surface area contributed by atoms with Crippen LogP contribution in [0.5, 0.6) is 0 Å². The standard InChI is InChI=1S/C11H10N4O2/c1-6-7(5-12)4-8-9(13-6)14(2)11(17)15(3)10(8)16/h4H,1-3H3. The van der Waals surface area contributed by atoms with E-state index in [4.69, 9.17) is 5.26 Å². The van der Waals surface area contributed by atoms with Crippen LogP contribution in [0.2, 0.25) is 0 Å². The van der Waals surface area contributed by atoms with Crippen molar-refractivity contribution in [2.75, 3.05) is 0 Å². The maximum atomic E-state index is 11.9. The number of aromatic nitrogens is 3. The van der Waals surface area contributed by atoms with Crippen molar-refractivity contribution in [2.45, 2.75) is 6.92 Å². The molecule has 0 aliphatic carbocycles. The lowest BCUT2D eigenvalue weighted by molar-refractivity contribution is 0.706. The van der Waals surface area contributed by atoms with Crippen molar-refractivity contribution >= 4 is 11.0 Å². The smallest absolute Gasteiger partial charge is 0.280 e. The van der Waals surface area contributed by atoms with E-state index in [1.165, 1.54) is 17.7 Å². The van der Waals surface area contributed by atoms with Crippen LogP contribution in [0.4, 0.5) is 0 Å². The predicted molar refractivity (Wildman–Crippen MR) is 61.7 cm³/mol. The Bertz CT molecular complexity index is 777. The quantitative estimate of drug-likeness (QED) is 0.628. The molecular weight excluding hydrogens is 220 g/mol. The molecule has 0 spiro atoms. The molecule has 0 bridgehead atoms. The Labute approximate surface area is 96.4 Å². The third kappa shape index (κ3) is 1.44. The fourth-order valence-electron chi connectivity index (χ4n) is 1.70. The second-order valence-corrected chi connectivity index (χ2v) is 3.81. The zero-order valence-electron chi connectivity index (χ0n) is 9.68. The number of fused-ring (bicyclic) bond motifs is 1. The van der Waals surface area contributed by atoms with Crippen LogP contribution >= 0.6 is 0 Å². The summed E-state index contributed by atoms with van der Waals surface area (Å²) in [5.41, 5.74) is 0.275. The van der Waals surface area contributed by atoms with Gasteiger partial charge >= 0.3 is 5.69 Å². The molecule has 6 heteroatoms. The van der Waals surface area contributed by atoms with E-state index in [0.29, 0.717) is 16.9 Å². The van der Waals surface area contributed by atoms with Crippen LogP contribution in [0.15, 0.2) is 15.7 Å². The highest BCUT2D eigenvalue weighted by atomic mass is 16.2. The van der Waals surface area contributed by atoms with Crippen molar-refractivity contribution in [2.24, 2.45) is 14.1 Å². The van der Waals surface area contributed by atoms with Crippen molar-refractivity contribution in [1.82, 2.24) is 14.1 Å². The average molecular weight is 230 g/mol. The Morgan fingerprint density at radius 2 is 1.94 bits per heavy atom. The number of nitrogens with zero attached hydrogens (tertiary/aromatic N) is 4. The molecule has 86 valence electrons. The fraction of sp³-hybridized carbons (Fsp3) is 0.273. The van der Waals surface area contributed by atoms with E-state index in [9.17, 15) is 9.59 Å². The number of aryl methyl sites for hydroxylation is 2. The summed E-state index contributed by atoms with van der Waals surface area (Å²) in [5.74, 6) is 0. The molecule has 2 aromatic heterocycles. The molecule has 0 aromatic carbocycles. The molecule has 0 unspecified atom stereocenters. The third-order valence-corrected chi connectivity index (χ3v) is 2.74. The molecular formula is C11H10N4O2. The first kappa shape index (κ1) is 11.1. The molecule has 0 saturated carbocycles. The van der Waals surface area contributed by atoms with Gasteiger partial charge in [-0.25, -0.2) is 9.78 Å². The minimum atomic E-state index is -0.438. The predicted octanol–water partition coefficient (Wildman–Crippen LogP) is -0.188. The molecule has 0 radical (unpaired) electrons. The second-order valence-electron chi connectivity index (χ2n) is 3.81. The van der Waals surface area contributed by atoms with E-state index in [1.54, 1.807) is 14.0 Å². The number of rotatable bonds is 0. The van der Waals surface area contributed by atoms with E-state index in [2.05, 4.69) is 4.98 Å². The molecule has 0 aliphatic rings. The summed E-state index contributed by atoms with van der Waals surface area (Å²) in [7, 11) is 2.94. The van der Waals surface area contributed by atoms with Gasteiger partial charge in [-0.15, -0.1) is 0 Å². The lowest BCUT2D eigenvalue weighted by Crippen LogP contribution is -2.37. The molecule has 6 nitrogen and oxygen atoms in total. The van der Waals surface area contributed by atoms with Gasteiger partial charge in [-0.1, -0.05) is 0 Å². The second kappa shape index (κ2) is 3.56. The summed E-state index contributed by atoms with van der Waals surface area (Å²) in [6.45, 7) is 1.67. The Balaban J connectivity index is 3.14. The van der Waals surface area contributed by atoms with Crippen LogP contribution in [0.25, 0.3) is 11.0 Å². The first-order valence-corrected chi connectivity index (χ1v) is 4.95. The Morgan fingerprint density at radius 3 is 2.53 bits per heavy atom. The van der Waals surface area contributed by atoms with Crippen LogP contribution in [0.1, 0.15) is 11.3 Å². The Kier molecular flexibility index (Phi) is 2.32. The van der Waals surface area contributed by atoms with Gasteiger partial charge in [0.2, 0.25) is 0 Å². The van der Waals surface area contributed by atoms with Gasteiger partial charge in [0, 0.05) is 14.1 Å². The molecule has 2 rings (SSSR count). The highest BCUT2D eigenvalue weighted by Crippen LogP contribution is 2.10. The topological polar surface area (TPSA) is 80.7 Å². The maximum Gasteiger partial charge on any atom is 0.332 e. The summed E-state index contributed by atoms with van der Waals surface area (Å²) >= 11 is 0. The molecule has 0 N–H and O–H groups in total. The van der Waals surface area contributed by atoms with Crippen LogP contribution in [-0.4, -0.2) is 14.1 Å². The molecule has 0 atom stereocenters. The molecule has 0 aliphatic heterocycles. The molecule has 2 aromatic rings. The first-order chi connectivity index (χ1) is 7.97. The van der Waals surface area contributed by atoms with Gasteiger partial charge < -0.3 is 0 Å². The van der Waals surface area contributed by atoms with Crippen molar-refractivity contribution in [3.63, 3.8) is 0 Å². The summed E-state index contributed by atoms with van der Waals surface area (Å²) in [6, 6.07) is 3.44. The average Bonchev–Trinajstić information content (AvgIpc) is 2.33. The number of pyridine rings is 1. The van der Waals surface area contributed by atoms with Crippen LogP contribution in [-0.2, 0) is 14.1 Å². The zero-order valence-corrected chi connectivity index (χ0v) is 9.68. The third-order valence-electron chi connectivity index (χ3n) is 2.74. The highest BCUT2D eigenvalue weighted by Gasteiger charge is 2.11. The lowest BCUT2D eigenvalue weighted by atomic mass is 10.2. The van der Waals surface area contributed by atoms with E-state index in [0.717, 1.165) is 4.57 Å². The normalized spacial score (nSPS) is 10.5. The van der Waals surface area contributed by atoms with Gasteiger partial charge in [-0.2, -0.15) is 5.26 Å². The SMILES string of the molecule is Cc1nc2c(cc1C#N)c(=O)n(C)c(=O)n2C. The van der Waals surface area contributed by atoms with Crippen LogP contribution in [0.3, 0.4) is 0 Å². The van der Waals surface area contributed by atoms with Gasteiger partial charge in [0.25, 0.3) is 5.56 Å². The highest BCUT2D eigenvalue weighted by molar-refractivity contribution is 5.76.